The first kappa shape index (κ1) is 24.8. The molecule has 3 aliphatic rings. The van der Waals surface area contributed by atoms with E-state index in [0.29, 0.717) is 24.4 Å². The number of likely N-dealkylation sites (tertiary alicyclic amines) is 1. The first-order chi connectivity index (χ1) is 18.4. The molecule has 0 saturated carbocycles. The van der Waals surface area contributed by atoms with Gasteiger partial charge in [0.1, 0.15) is 6.04 Å². The van der Waals surface area contributed by atoms with Crippen LogP contribution < -0.4 is 5.32 Å². The van der Waals surface area contributed by atoms with E-state index in [0.717, 1.165) is 54.3 Å². The number of amides is 3. The van der Waals surface area contributed by atoms with E-state index in [1.54, 1.807) is 4.90 Å². The Labute approximate surface area is 226 Å². The zero-order chi connectivity index (χ0) is 26.2. The summed E-state index contributed by atoms with van der Waals surface area (Å²) in [5.41, 5.74) is 5.89. The minimum Gasteiger partial charge on any atom is -0.322 e. The van der Waals surface area contributed by atoms with Gasteiger partial charge in [0.15, 0.2) is 0 Å². The largest absolute Gasteiger partial charge is 0.322 e. The van der Waals surface area contributed by atoms with Crippen molar-refractivity contribution in [3.63, 3.8) is 0 Å². The molecule has 3 aliphatic heterocycles. The molecule has 2 aromatic carbocycles. The van der Waals surface area contributed by atoms with Crippen molar-refractivity contribution >= 4 is 29.3 Å². The number of aromatic nitrogens is 1. The number of imide groups is 1. The number of carbonyl (C=O) groups is 3. The number of fused-ring (bicyclic) bond motifs is 1. The third-order valence-corrected chi connectivity index (χ3v) is 8.23. The lowest BCUT2D eigenvalue weighted by molar-refractivity contribution is -0.136. The van der Waals surface area contributed by atoms with Crippen LogP contribution in [0.15, 0.2) is 60.8 Å². The maximum Gasteiger partial charge on any atom is 0.255 e. The molecule has 1 atom stereocenters. The molecular weight excluding hydrogens is 500 g/mol. The van der Waals surface area contributed by atoms with Crippen LogP contribution in [0.5, 0.6) is 0 Å². The lowest BCUT2D eigenvalue weighted by atomic mass is 9.89. The van der Waals surface area contributed by atoms with E-state index in [2.05, 4.69) is 39.5 Å². The second kappa shape index (κ2) is 10.3. The quantitative estimate of drug-likeness (QED) is 0.492. The van der Waals surface area contributed by atoms with E-state index in [9.17, 15) is 14.4 Å². The monoisotopic (exact) mass is 528 g/mol. The third-order valence-electron chi connectivity index (χ3n) is 7.98. The molecule has 3 aromatic rings. The molecule has 6 rings (SSSR count). The zero-order valence-electron chi connectivity index (χ0n) is 21.0. The molecule has 2 fully saturated rings. The maximum atomic E-state index is 13.0. The SMILES string of the molecule is O=C1CCC(N2Cc3cc(-c4cc(CN5CCC(c6ccc(Cl)cc6)CC5)ccn4)ccc3C2=O)C(=O)N1. The Bertz CT molecular complexity index is 1400. The minimum absolute atomic E-state index is 0.162. The molecule has 1 N–H and O–H groups in total. The molecule has 4 heterocycles. The normalized spacial score (nSPS) is 20.5. The number of halogens is 1. The molecule has 194 valence electrons. The van der Waals surface area contributed by atoms with Crippen molar-refractivity contribution in [1.82, 2.24) is 20.1 Å². The number of hydrogen-bond acceptors (Lipinski definition) is 5. The van der Waals surface area contributed by atoms with Crippen LogP contribution in [-0.2, 0) is 22.7 Å². The second-order valence-electron chi connectivity index (χ2n) is 10.4. The Morgan fingerprint density at radius 1 is 0.947 bits per heavy atom. The molecule has 38 heavy (non-hydrogen) atoms. The molecule has 0 aliphatic carbocycles. The summed E-state index contributed by atoms with van der Waals surface area (Å²) < 4.78 is 0. The van der Waals surface area contributed by atoms with Crippen molar-refractivity contribution in [3.05, 3.63) is 88.1 Å². The number of nitrogens with one attached hydrogen (secondary N) is 1. The third kappa shape index (κ3) is 4.96. The zero-order valence-corrected chi connectivity index (χ0v) is 21.8. The van der Waals surface area contributed by atoms with Gasteiger partial charge in [-0.2, -0.15) is 0 Å². The van der Waals surface area contributed by atoms with Crippen LogP contribution >= 0.6 is 11.6 Å². The Kier molecular flexibility index (Phi) is 6.72. The van der Waals surface area contributed by atoms with Gasteiger partial charge < -0.3 is 4.90 Å². The van der Waals surface area contributed by atoms with Gasteiger partial charge in [-0.25, -0.2) is 0 Å². The van der Waals surface area contributed by atoms with Crippen LogP contribution in [0.4, 0.5) is 0 Å². The summed E-state index contributed by atoms with van der Waals surface area (Å²) in [6, 6.07) is 17.6. The Hall–Kier alpha value is -3.55. The summed E-state index contributed by atoms with van der Waals surface area (Å²) in [6.45, 7) is 3.32. The van der Waals surface area contributed by atoms with Crippen LogP contribution in [-0.4, -0.2) is 51.6 Å². The summed E-state index contributed by atoms with van der Waals surface area (Å²) in [7, 11) is 0. The van der Waals surface area contributed by atoms with Crippen molar-refractivity contribution in [2.24, 2.45) is 0 Å². The molecule has 0 bridgehead atoms. The minimum atomic E-state index is -0.610. The van der Waals surface area contributed by atoms with Gasteiger partial charge in [-0.3, -0.25) is 29.6 Å². The van der Waals surface area contributed by atoms with Crippen molar-refractivity contribution in [3.8, 4) is 11.3 Å². The van der Waals surface area contributed by atoms with Gasteiger partial charge in [-0.05, 0) is 91.4 Å². The van der Waals surface area contributed by atoms with Crippen molar-refractivity contribution in [1.29, 1.82) is 0 Å². The first-order valence-electron chi connectivity index (χ1n) is 13.2. The molecule has 1 aromatic heterocycles. The predicted molar refractivity (Wildman–Crippen MR) is 144 cm³/mol. The number of piperidine rings is 2. The lowest BCUT2D eigenvalue weighted by Crippen LogP contribution is -2.52. The number of pyridine rings is 1. The van der Waals surface area contributed by atoms with Crippen LogP contribution in [0.25, 0.3) is 11.3 Å². The summed E-state index contributed by atoms with van der Waals surface area (Å²) in [4.78, 5) is 45.5. The van der Waals surface area contributed by atoms with Gasteiger partial charge in [-0.1, -0.05) is 29.8 Å². The van der Waals surface area contributed by atoms with Crippen molar-refractivity contribution < 1.29 is 14.4 Å². The summed E-state index contributed by atoms with van der Waals surface area (Å²) in [5, 5.41) is 3.13. The highest BCUT2D eigenvalue weighted by Gasteiger charge is 2.39. The van der Waals surface area contributed by atoms with E-state index >= 15 is 0 Å². The number of hydrogen-bond donors (Lipinski definition) is 1. The average Bonchev–Trinajstić information content (AvgIpc) is 3.25. The standard InChI is InChI=1S/C30H29ClN4O3/c31-24-4-1-20(2-5-24)21-10-13-34(14-11-21)17-19-9-12-32-26(15-19)22-3-6-25-23(16-22)18-35(30(25)38)27-7-8-28(36)33-29(27)37/h1-6,9,12,15-16,21,27H,7-8,10-11,13-14,17-18H2,(H,33,36,37). The van der Waals surface area contributed by atoms with Crippen LogP contribution in [0, 0.1) is 0 Å². The average molecular weight is 529 g/mol. The summed E-state index contributed by atoms with van der Waals surface area (Å²) in [6.07, 6.45) is 4.71. The fraction of sp³-hybridized carbons (Fsp3) is 0.333. The number of rotatable bonds is 5. The van der Waals surface area contributed by atoms with E-state index < -0.39 is 11.9 Å². The van der Waals surface area contributed by atoms with E-state index in [4.69, 9.17) is 11.6 Å². The molecule has 0 radical (unpaired) electrons. The van der Waals surface area contributed by atoms with Crippen LogP contribution in [0.2, 0.25) is 5.02 Å². The first-order valence-corrected chi connectivity index (χ1v) is 13.5. The van der Waals surface area contributed by atoms with Gasteiger partial charge in [0.05, 0.1) is 5.69 Å². The number of benzene rings is 2. The van der Waals surface area contributed by atoms with Gasteiger partial charge in [0.2, 0.25) is 11.8 Å². The maximum absolute atomic E-state index is 13.0. The van der Waals surface area contributed by atoms with Gasteiger partial charge >= 0.3 is 0 Å². The summed E-state index contributed by atoms with van der Waals surface area (Å²) >= 11 is 6.05. The smallest absolute Gasteiger partial charge is 0.255 e. The second-order valence-corrected chi connectivity index (χ2v) is 10.9. The van der Waals surface area contributed by atoms with Gasteiger partial charge in [0, 0.05) is 41.9 Å². The molecule has 8 heteroatoms. The Morgan fingerprint density at radius 2 is 1.74 bits per heavy atom. The molecule has 7 nitrogen and oxygen atoms in total. The van der Waals surface area contributed by atoms with E-state index in [-0.39, 0.29) is 18.2 Å². The van der Waals surface area contributed by atoms with Crippen molar-refractivity contribution in [2.75, 3.05) is 13.1 Å². The molecule has 1 unspecified atom stereocenters. The highest BCUT2D eigenvalue weighted by Crippen LogP contribution is 2.32. The van der Waals surface area contributed by atoms with Gasteiger partial charge in [0.25, 0.3) is 5.91 Å². The fourth-order valence-corrected chi connectivity index (χ4v) is 6.01. The van der Waals surface area contributed by atoms with E-state index in [1.807, 2.05) is 36.5 Å². The fourth-order valence-electron chi connectivity index (χ4n) is 5.88. The molecule has 3 amide bonds. The predicted octanol–water partition coefficient (Wildman–Crippen LogP) is 4.54. The lowest BCUT2D eigenvalue weighted by Gasteiger charge is -2.32. The van der Waals surface area contributed by atoms with E-state index in [1.165, 1.54) is 11.1 Å². The molecule has 2 saturated heterocycles. The van der Waals surface area contributed by atoms with Crippen LogP contribution in [0.1, 0.15) is 58.6 Å². The molecule has 0 spiro atoms. The Morgan fingerprint density at radius 3 is 2.50 bits per heavy atom. The topological polar surface area (TPSA) is 82.6 Å². The van der Waals surface area contributed by atoms with Crippen molar-refractivity contribution in [2.45, 2.75) is 50.7 Å². The van der Waals surface area contributed by atoms with Gasteiger partial charge in [-0.15, -0.1) is 0 Å². The number of nitrogens with zero attached hydrogens (tertiary/aromatic N) is 3. The Balaban J connectivity index is 1.12. The molecular formula is C30H29ClN4O3. The van der Waals surface area contributed by atoms with Crippen LogP contribution in [0.3, 0.4) is 0 Å². The highest BCUT2D eigenvalue weighted by molar-refractivity contribution is 6.30. The highest BCUT2D eigenvalue weighted by atomic mass is 35.5. The summed E-state index contributed by atoms with van der Waals surface area (Å²) in [5.74, 6) is -0.265. The number of carbonyl (C=O) groups excluding carboxylic acids is 3.